The summed E-state index contributed by atoms with van der Waals surface area (Å²) in [4.78, 5) is 19.1. The summed E-state index contributed by atoms with van der Waals surface area (Å²) in [6, 6.07) is 11.8. The number of likely N-dealkylation sites (tertiary alicyclic amines) is 1. The first-order valence-electron chi connectivity index (χ1n) is 17.9. The maximum atomic E-state index is 13.3. The van der Waals surface area contributed by atoms with E-state index in [-0.39, 0.29) is 12.1 Å². The topological polar surface area (TPSA) is 101 Å². The molecule has 2 N–H and O–H groups in total. The lowest BCUT2D eigenvalue weighted by atomic mass is 9.78. The minimum atomic E-state index is -3.74. The maximum Gasteiger partial charge on any atom is 0.264 e. The predicted octanol–water partition coefficient (Wildman–Crippen LogP) is 7.67. The molecule has 8 nitrogen and oxygen atoms in total. The number of piperidine rings is 1. The number of nitrogens with one attached hydrogen (secondary N) is 2. The van der Waals surface area contributed by atoms with Crippen molar-refractivity contribution in [1.29, 1.82) is 0 Å². The molecule has 2 saturated carbocycles. The van der Waals surface area contributed by atoms with E-state index in [1.54, 1.807) is 19.2 Å². The quantitative estimate of drug-likeness (QED) is 0.218. The van der Waals surface area contributed by atoms with E-state index in [4.69, 9.17) is 9.47 Å². The Balaban J connectivity index is 1.13. The summed E-state index contributed by atoms with van der Waals surface area (Å²) in [6.07, 6.45) is 12.2. The number of H-pyrrole nitrogens is 1. The Morgan fingerprint density at radius 2 is 1.72 bits per heavy atom. The molecule has 47 heavy (non-hydrogen) atoms. The van der Waals surface area contributed by atoms with Crippen molar-refractivity contribution in [2.75, 3.05) is 20.3 Å². The molecule has 1 saturated heterocycles. The summed E-state index contributed by atoms with van der Waals surface area (Å²) in [7, 11) is -2.02. The van der Waals surface area contributed by atoms with Crippen molar-refractivity contribution in [2.24, 2.45) is 17.8 Å². The zero-order valence-electron chi connectivity index (χ0n) is 28.6. The number of aromatic nitrogens is 1. The molecule has 0 bridgehead atoms. The molecule has 3 aliphatic rings. The molecule has 9 heteroatoms. The molecule has 6 rings (SSSR count). The molecule has 2 heterocycles. The summed E-state index contributed by atoms with van der Waals surface area (Å²) in [5.74, 6) is 2.54. The van der Waals surface area contributed by atoms with Crippen LogP contribution in [0.2, 0.25) is 0 Å². The van der Waals surface area contributed by atoms with Crippen molar-refractivity contribution < 1.29 is 22.7 Å². The first-order valence-corrected chi connectivity index (χ1v) is 19.4. The minimum absolute atomic E-state index is 0.0730. The van der Waals surface area contributed by atoms with Gasteiger partial charge in [0.05, 0.1) is 18.5 Å². The number of hydrogen-bond donors (Lipinski definition) is 2. The van der Waals surface area contributed by atoms with Crippen LogP contribution in [0.3, 0.4) is 0 Å². The normalized spacial score (nSPS) is 27.2. The highest BCUT2D eigenvalue weighted by molar-refractivity contribution is 7.90. The highest BCUT2D eigenvalue weighted by Crippen LogP contribution is 2.44. The van der Waals surface area contributed by atoms with Crippen LogP contribution in [-0.4, -0.2) is 55.8 Å². The number of hydrogen-bond acceptors (Lipinski definition) is 6. The van der Waals surface area contributed by atoms with Crippen LogP contribution < -0.4 is 9.46 Å². The molecule has 2 aliphatic carbocycles. The number of rotatable bonds is 11. The smallest absolute Gasteiger partial charge is 0.264 e. The van der Waals surface area contributed by atoms with E-state index < -0.39 is 21.2 Å². The Hall–Kier alpha value is -2.88. The Bertz CT molecular complexity index is 1630. The number of ether oxygens (including phenoxy) is 2. The molecular formula is C38H53N3O5S. The fourth-order valence-electron chi connectivity index (χ4n) is 8.80. The molecule has 1 aliphatic heterocycles. The van der Waals surface area contributed by atoms with Gasteiger partial charge in [0.2, 0.25) is 10.0 Å². The number of aryl methyl sites for hydroxylation is 1. The van der Waals surface area contributed by atoms with Crippen LogP contribution >= 0.6 is 0 Å². The van der Waals surface area contributed by atoms with E-state index >= 15 is 0 Å². The van der Waals surface area contributed by atoms with Crippen LogP contribution in [0, 0.1) is 24.7 Å². The monoisotopic (exact) mass is 663 g/mol. The van der Waals surface area contributed by atoms with Crippen LogP contribution in [0.25, 0.3) is 10.9 Å². The molecule has 1 amide bonds. The van der Waals surface area contributed by atoms with Crippen LogP contribution in [0.15, 0.2) is 42.6 Å². The third-order valence-corrected chi connectivity index (χ3v) is 13.4. The van der Waals surface area contributed by atoms with Crippen molar-refractivity contribution in [3.05, 3.63) is 64.8 Å². The molecule has 3 aromatic rings. The Kier molecular flexibility index (Phi) is 10.6. The SMILES string of the molecule is CCO[C@H]1CCN(Cc2c(OC)cc(C)c3[nH]ccc23)[C@H](c2ccc(C(=O)NS(=O)(=O)C3CCC(C4CCC(CC)C4)CC3)cc2)C1. The average molecular weight is 664 g/mol. The van der Waals surface area contributed by atoms with E-state index in [1.165, 1.54) is 25.7 Å². The van der Waals surface area contributed by atoms with Crippen molar-refractivity contribution >= 4 is 26.8 Å². The molecule has 2 aromatic carbocycles. The molecule has 0 spiro atoms. The van der Waals surface area contributed by atoms with Gasteiger partial charge in [0.25, 0.3) is 5.91 Å². The van der Waals surface area contributed by atoms with Crippen molar-refractivity contribution in [1.82, 2.24) is 14.6 Å². The largest absolute Gasteiger partial charge is 0.496 e. The van der Waals surface area contributed by atoms with Gasteiger partial charge in [-0.05, 0) is 118 Å². The molecule has 256 valence electrons. The standard InChI is InChI=1S/C38H53N3O5S/c1-5-26-7-8-30(22-26)27-13-15-32(16-14-27)47(43,44)40-38(42)29-11-9-28(10-12-29)35-23-31(46-6-2)18-20-41(35)24-34-33-17-19-39-37(33)25(3)21-36(34)45-4/h9-12,17,19,21,26-27,30-32,35,39H,5-8,13-16,18,20,22-24H2,1-4H3,(H,40,42)/t26?,27?,30?,31-,32?,35-/m0/s1. The second-order valence-electron chi connectivity index (χ2n) is 14.2. The first-order chi connectivity index (χ1) is 22.7. The van der Waals surface area contributed by atoms with Gasteiger partial charge < -0.3 is 14.5 Å². The van der Waals surface area contributed by atoms with E-state index in [0.29, 0.717) is 37.5 Å². The number of nitrogens with zero attached hydrogens (tertiary/aromatic N) is 1. The number of sulfonamides is 1. The number of amides is 1. The molecule has 3 fully saturated rings. The number of fused-ring (bicyclic) bond motifs is 1. The van der Waals surface area contributed by atoms with E-state index in [9.17, 15) is 13.2 Å². The lowest BCUT2D eigenvalue weighted by Gasteiger charge is -2.40. The fraction of sp³-hybridized carbons (Fsp3) is 0.605. The van der Waals surface area contributed by atoms with Crippen LogP contribution in [-0.2, 0) is 21.3 Å². The zero-order valence-corrected chi connectivity index (χ0v) is 29.4. The zero-order chi connectivity index (χ0) is 33.1. The van der Waals surface area contributed by atoms with Crippen molar-refractivity contribution in [3.63, 3.8) is 0 Å². The van der Waals surface area contributed by atoms with Gasteiger partial charge in [0, 0.05) is 54.0 Å². The molecular weight excluding hydrogens is 611 g/mol. The van der Waals surface area contributed by atoms with Gasteiger partial charge in [-0.15, -0.1) is 0 Å². The minimum Gasteiger partial charge on any atom is -0.496 e. The lowest BCUT2D eigenvalue weighted by molar-refractivity contribution is -0.0138. The van der Waals surface area contributed by atoms with Crippen molar-refractivity contribution in [2.45, 2.75) is 109 Å². The first kappa shape index (κ1) is 34.0. The summed E-state index contributed by atoms with van der Waals surface area (Å²) in [6.45, 7) is 8.64. The fourth-order valence-corrected chi connectivity index (χ4v) is 10.2. The van der Waals surface area contributed by atoms with Gasteiger partial charge >= 0.3 is 0 Å². The summed E-state index contributed by atoms with van der Waals surface area (Å²) < 4.78 is 41.0. The third-order valence-electron chi connectivity index (χ3n) is 11.5. The van der Waals surface area contributed by atoms with Gasteiger partial charge in [0.15, 0.2) is 0 Å². The number of benzene rings is 2. The molecule has 2 unspecified atom stereocenters. The van der Waals surface area contributed by atoms with E-state index in [2.05, 4.69) is 40.6 Å². The van der Waals surface area contributed by atoms with Crippen LogP contribution in [0.4, 0.5) is 0 Å². The molecule has 1 aromatic heterocycles. The number of carbonyl (C=O) groups is 1. The summed E-state index contributed by atoms with van der Waals surface area (Å²) in [5.41, 5.74) is 4.87. The lowest BCUT2D eigenvalue weighted by Crippen LogP contribution is -2.40. The van der Waals surface area contributed by atoms with E-state index in [1.807, 2.05) is 25.3 Å². The Morgan fingerprint density at radius 3 is 2.40 bits per heavy atom. The van der Waals surface area contributed by atoms with Gasteiger partial charge in [0.1, 0.15) is 5.75 Å². The highest BCUT2D eigenvalue weighted by atomic mass is 32.2. The summed E-state index contributed by atoms with van der Waals surface area (Å²) >= 11 is 0. The molecule has 4 atom stereocenters. The van der Waals surface area contributed by atoms with Gasteiger partial charge in [-0.3, -0.25) is 9.69 Å². The highest BCUT2D eigenvalue weighted by Gasteiger charge is 2.37. The average Bonchev–Trinajstić information content (AvgIpc) is 3.78. The Labute approximate surface area is 281 Å². The van der Waals surface area contributed by atoms with E-state index in [0.717, 1.165) is 77.4 Å². The van der Waals surface area contributed by atoms with Gasteiger partial charge in [-0.1, -0.05) is 31.9 Å². The van der Waals surface area contributed by atoms with Crippen LogP contribution in [0.1, 0.15) is 111 Å². The Morgan fingerprint density at radius 1 is 0.979 bits per heavy atom. The third kappa shape index (κ3) is 7.42. The molecule has 0 radical (unpaired) electrons. The number of carbonyl (C=O) groups excluding carboxylic acids is 1. The number of methoxy groups -OCH3 is 1. The maximum absolute atomic E-state index is 13.3. The van der Waals surface area contributed by atoms with Crippen molar-refractivity contribution in [3.8, 4) is 5.75 Å². The second kappa shape index (κ2) is 14.7. The number of aromatic amines is 1. The second-order valence-corrected chi connectivity index (χ2v) is 16.2. The van der Waals surface area contributed by atoms with Gasteiger partial charge in [-0.25, -0.2) is 13.1 Å². The summed E-state index contributed by atoms with van der Waals surface area (Å²) in [5, 5.41) is 0.666. The predicted molar refractivity (Wildman–Crippen MR) is 187 cm³/mol. The van der Waals surface area contributed by atoms with Crippen LogP contribution in [0.5, 0.6) is 5.75 Å². The van der Waals surface area contributed by atoms with Gasteiger partial charge in [-0.2, -0.15) is 0 Å².